The van der Waals surface area contributed by atoms with Crippen LogP contribution in [0.15, 0.2) is 6.07 Å². The van der Waals surface area contributed by atoms with Gasteiger partial charge in [0.05, 0.1) is 5.60 Å². The molecule has 0 aliphatic heterocycles. The van der Waals surface area contributed by atoms with E-state index >= 15 is 0 Å². The summed E-state index contributed by atoms with van der Waals surface area (Å²) in [6.45, 7) is 2.46. The Hall–Kier alpha value is -1.56. The van der Waals surface area contributed by atoms with Crippen molar-refractivity contribution in [3.8, 4) is 0 Å². The number of nitrogens with one attached hydrogen (secondary N) is 2. The number of rotatable bonds is 4. The third-order valence-corrected chi connectivity index (χ3v) is 4.03. The second-order valence-corrected chi connectivity index (χ2v) is 5.47. The van der Waals surface area contributed by atoms with E-state index in [0.717, 1.165) is 32.1 Å². The van der Waals surface area contributed by atoms with Gasteiger partial charge in [0.1, 0.15) is 11.5 Å². The Morgan fingerprint density at radius 1 is 1.63 bits per heavy atom. The molecule has 0 unspecified atom stereocenters. The highest BCUT2D eigenvalue weighted by Crippen LogP contribution is 2.33. The summed E-state index contributed by atoms with van der Waals surface area (Å²) in [5.74, 6) is 0.714. The Balaban J connectivity index is 1.83. The highest BCUT2D eigenvalue weighted by atomic mass is 16.3. The molecule has 0 saturated heterocycles. The van der Waals surface area contributed by atoms with Gasteiger partial charge in [0.15, 0.2) is 0 Å². The molecule has 106 valence electrons. The molecule has 1 fully saturated rings. The largest absolute Gasteiger partial charge is 0.388 e. The summed E-state index contributed by atoms with van der Waals surface area (Å²) in [5.41, 5.74) is 4.99. The Morgan fingerprint density at radius 3 is 2.84 bits per heavy atom. The van der Waals surface area contributed by atoms with Crippen LogP contribution >= 0.6 is 0 Å². The number of carbonyl (C=O) groups excluding carboxylic acids is 1. The van der Waals surface area contributed by atoms with Crippen LogP contribution in [0, 0.1) is 5.92 Å². The first-order valence-corrected chi connectivity index (χ1v) is 6.84. The lowest BCUT2D eigenvalue weighted by molar-refractivity contribution is -0.00790. The molecule has 6 heteroatoms. The lowest BCUT2D eigenvalue weighted by Crippen LogP contribution is -2.45. The first-order chi connectivity index (χ1) is 9.02. The molecule has 1 aromatic rings. The molecule has 2 rings (SSSR count). The summed E-state index contributed by atoms with van der Waals surface area (Å²) in [4.78, 5) is 11.8. The van der Waals surface area contributed by atoms with E-state index in [1.54, 1.807) is 0 Å². The molecule has 1 heterocycles. The lowest BCUT2D eigenvalue weighted by atomic mass is 9.78. The number of amides is 1. The minimum Gasteiger partial charge on any atom is -0.388 e. The topological polar surface area (TPSA) is 104 Å². The van der Waals surface area contributed by atoms with E-state index in [1.165, 1.54) is 6.07 Å². The molecule has 0 atom stereocenters. The summed E-state index contributed by atoms with van der Waals surface area (Å²) in [5, 5.41) is 19.4. The van der Waals surface area contributed by atoms with E-state index in [2.05, 4.69) is 22.4 Å². The van der Waals surface area contributed by atoms with Crippen LogP contribution in [0.4, 0.5) is 5.82 Å². The van der Waals surface area contributed by atoms with E-state index in [1.807, 2.05) is 0 Å². The van der Waals surface area contributed by atoms with Crippen LogP contribution in [0.2, 0.25) is 0 Å². The van der Waals surface area contributed by atoms with Gasteiger partial charge in [-0.15, -0.1) is 0 Å². The number of aromatic amines is 1. The quantitative estimate of drug-likeness (QED) is 0.654. The van der Waals surface area contributed by atoms with Crippen LogP contribution in [0.25, 0.3) is 0 Å². The third kappa shape index (κ3) is 3.47. The summed E-state index contributed by atoms with van der Waals surface area (Å²) in [7, 11) is 0. The Bertz CT molecular complexity index is 436. The van der Waals surface area contributed by atoms with Crippen LogP contribution in [0.3, 0.4) is 0 Å². The second-order valence-electron chi connectivity index (χ2n) is 5.47. The van der Waals surface area contributed by atoms with Crippen molar-refractivity contribution in [2.45, 2.75) is 44.6 Å². The molecule has 0 spiro atoms. The van der Waals surface area contributed by atoms with Crippen LogP contribution < -0.4 is 11.1 Å². The van der Waals surface area contributed by atoms with Gasteiger partial charge in [-0.2, -0.15) is 5.10 Å². The molecule has 1 aliphatic carbocycles. The second kappa shape index (κ2) is 5.61. The van der Waals surface area contributed by atoms with Gasteiger partial charge in [-0.1, -0.05) is 13.3 Å². The van der Waals surface area contributed by atoms with Gasteiger partial charge in [0, 0.05) is 12.6 Å². The molecule has 1 saturated carbocycles. The number of anilines is 1. The van der Waals surface area contributed by atoms with Crippen LogP contribution in [-0.4, -0.2) is 33.4 Å². The van der Waals surface area contributed by atoms with Crippen molar-refractivity contribution >= 4 is 11.7 Å². The SMILES string of the molecule is CCC1CCC(O)(CNC(=O)c2cc(N)n[nH]2)CC1. The van der Waals surface area contributed by atoms with Crippen molar-refractivity contribution in [3.63, 3.8) is 0 Å². The van der Waals surface area contributed by atoms with Crippen molar-refractivity contribution in [2.75, 3.05) is 12.3 Å². The summed E-state index contributed by atoms with van der Waals surface area (Å²) < 4.78 is 0. The monoisotopic (exact) mass is 266 g/mol. The summed E-state index contributed by atoms with van der Waals surface area (Å²) >= 11 is 0. The standard InChI is InChI=1S/C13H22N4O2/c1-2-9-3-5-13(19,6-4-9)8-15-12(18)10-7-11(14)17-16-10/h7,9,19H,2-6,8H2,1H3,(H,15,18)(H3,14,16,17). The van der Waals surface area contributed by atoms with Crippen LogP contribution in [-0.2, 0) is 0 Å². The van der Waals surface area contributed by atoms with Gasteiger partial charge in [-0.3, -0.25) is 9.89 Å². The molecule has 0 bridgehead atoms. The fourth-order valence-electron chi connectivity index (χ4n) is 2.59. The van der Waals surface area contributed by atoms with Gasteiger partial charge < -0.3 is 16.2 Å². The van der Waals surface area contributed by atoms with Crippen LogP contribution in [0.5, 0.6) is 0 Å². The molecule has 1 aromatic heterocycles. The number of aliphatic hydroxyl groups is 1. The minimum absolute atomic E-state index is 0.279. The van der Waals surface area contributed by atoms with Crippen LogP contribution in [0.1, 0.15) is 49.5 Å². The molecule has 19 heavy (non-hydrogen) atoms. The Labute approximate surface area is 112 Å². The maximum atomic E-state index is 11.8. The number of carbonyl (C=O) groups is 1. The minimum atomic E-state index is -0.771. The predicted octanol–water partition coefficient (Wildman–Crippen LogP) is 1.05. The third-order valence-electron chi connectivity index (χ3n) is 4.03. The smallest absolute Gasteiger partial charge is 0.269 e. The number of hydrogen-bond donors (Lipinski definition) is 4. The number of nitrogens with two attached hydrogens (primary N) is 1. The summed E-state index contributed by atoms with van der Waals surface area (Å²) in [6.07, 6.45) is 4.71. The Kier molecular flexibility index (Phi) is 4.09. The van der Waals surface area contributed by atoms with E-state index in [0.29, 0.717) is 11.6 Å². The van der Waals surface area contributed by atoms with Crippen molar-refractivity contribution in [3.05, 3.63) is 11.8 Å². The predicted molar refractivity (Wildman–Crippen MR) is 72.5 cm³/mol. The van der Waals surface area contributed by atoms with Gasteiger partial charge >= 0.3 is 0 Å². The average molecular weight is 266 g/mol. The molecular weight excluding hydrogens is 244 g/mol. The number of H-pyrrole nitrogens is 1. The van der Waals surface area contributed by atoms with E-state index in [9.17, 15) is 9.90 Å². The van der Waals surface area contributed by atoms with Crippen molar-refractivity contribution < 1.29 is 9.90 Å². The Morgan fingerprint density at radius 2 is 2.32 bits per heavy atom. The van der Waals surface area contributed by atoms with Gasteiger partial charge in [0.25, 0.3) is 5.91 Å². The maximum absolute atomic E-state index is 11.8. The highest BCUT2D eigenvalue weighted by molar-refractivity contribution is 5.92. The summed E-state index contributed by atoms with van der Waals surface area (Å²) in [6, 6.07) is 1.48. The maximum Gasteiger partial charge on any atom is 0.269 e. The number of nitrogens with zero attached hydrogens (tertiary/aromatic N) is 1. The fourth-order valence-corrected chi connectivity index (χ4v) is 2.59. The zero-order valence-electron chi connectivity index (χ0n) is 11.3. The number of nitrogen functional groups attached to an aromatic ring is 1. The van der Waals surface area contributed by atoms with E-state index in [4.69, 9.17) is 5.73 Å². The molecule has 6 nitrogen and oxygen atoms in total. The molecule has 5 N–H and O–H groups in total. The first-order valence-electron chi connectivity index (χ1n) is 6.84. The van der Waals surface area contributed by atoms with Crippen molar-refractivity contribution in [1.29, 1.82) is 0 Å². The zero-order valence-corrected chi connectivity index (χ0v) is 11.3. The molecule has 1 amide bonds. The van der Waals surface area contributed by atoms with Gasteiger partial charge in [-0.05, 0) is 31.6 Å². The van der Waals surface area contributed by atoms with Gasteiger partial charge in [0.2, 0.25) is 0 Å². The average Bonchev–Trinajstić information content (AvgIpc) is 2.84. The van der Waals surface area contributed by atoms with Gasteiger partial charge in [-0.25, -0.2) is 0 Å². The zero-order chi connectivity index (χ0) is 13.9. The molecule has 1 aliphatic rings. The van der Waals surface area contributed by atoms with Crippen molar-refractivity contribution in [1.82, 2.24) is 15.5 Å². The number of hydrogen-bond acceptors (Lipinski definition) is 4. The lowest BCUT2D eigenvalue weighted by Gasteiger charge is -2.35. The molecule has 0 radical (unpaired) electrons. The number of aromatic nitrogens is 2. The van der Waals surface area contributed by atoms with E-state index in [-0.39, 0.29) is 18.3 Å². The normalized spacial score (nSPS) is 27.2. The van der Waals surface area contributed by atoms with Crippen molar-refractivity contribution in [2.24, 2.45) is 5.92 Å². The first kappa shape index (κ1) is 13.9. The van der Waals surface area contributed by atoms with E-state index < -0.39 is 5.60 Å². The highest BCUT2D eigenvalue weighted by Gasteiger charge is 2.33. The molecule has 0 aromatic carbocycles. The molecular formula is C13H22N4O2. The fraction of sp³-hybridized carbons (Fsp3) is 0.692.